The molecule has 1 aromatic carbocycles. The molecule has 0 saturated heterocycles. The van der Waals surface area contributed by atoms with E-state index in [2.05, 4.69) is 17.6 Å². The highest BCUT2D eigenvalue weighted by molar-refractivity contribution is 6.05. The van der Waals surface area contributed by atoms with Crippen LogP contribution in [0.25, 0.3) is 0 Å². The van der Waals surface area contributed by atoms with Crippen LogP contribution in [0, 0.1) is 13.8 Å². The molecule has 0 spiro atoms. The van der Waals surface area contributed by atoms with Crippen LogP contribution in [0.4, 0.5) is 5.69 Å². The maximum Gasteiger partial charge on any atom is 0.259 e. The first-order chi connectivity index (χ1) is 9.60. The number of carbonyl (C=O) groups excluding carboxylic acids is 1. The zero-order valence-electron chi connectivity index (χ0n) is 12.1. The third kappa shape index (κ3) is 3.48. The fourth-order valence-electron chi connectivity index (χ4n) is 2.08. The van der Waals surface area contributed by atoms with Crippen LogP contribution in [-0.2, 0) is 6.54 Å². The van der Waals surface area contributed by atoms with Crippen molar-refractivity contribution < 1.29 is 9.21 Å². The zero-order valence-corrected chi connectivity index (χ0v) is 12.1. The van der Waals surface area contributed by atoms with Crippen molar-refractivity contribution in [2.45, 2.75) is 27.3 Å². The molecule has 20 heavy (non-hydrogen) atoms. The summed E-state index contributed by atoms with van der Waals surface area (Å²) in [7, 11) is 0. The molecule has 0 radical (unpaired) electrons. The topological polar surface area (TPSA) is 54.3 Å². The van der Waals surface area contributed by atoms with Gasteiger partial charge in [-0.2, -0.15) is 0 Å². The fourth-order valence-corrected chi connectivity index (χ4v) is 2.08. The first-order valence-electron chi connectivity index (χ1n) is 6.78. The van der Waals surface area contributed by atoms with Crippen molar-refractivity contribution in [3.63, 3.8) is 0 Å². The number of benzene rings is 1. The monoisotopic (exact) mass is 272 g/mol. The van der Waals surface area contributed by atoms with E-state index in [-0.39, 0.29) is 5.91 Å². The Morgan fingerprint density at radius 3 is 2.70 bits per heavy atom. The van der Waals surface area contributed by atoms with Gasteiger partial charge in [0.25, 0.3) is 5.91 Å². The van der Waals surface area contributed by atoms with E-state index in [1.807, 2.05) is 31.2 Å². The van der Waals surface area contributed by atoms with Crippen LogP contribution >= 0.6 is 0 Å². The molecule has 2 N–H and O–H groups in total. The summed E-state index contributed by atoms with van der Waals surface area (Å²) in [5.74, 6) is 1.25. The highest BCUT2D eigenvalue weighted by Gasteiger charge is 2.13. The van der Waals surface area contributed by atoms with Crippen molar-refractivity contribution >= 4 is 11.6 Å². The molecule has 106 valence electrons. The molecular formula is C16H20N2O2. The Hall–Kier alpha value is -2.07. The molecule has 1 amide bonds. The number of rotatable bonds is 5. The number of carbonyl (C=O) groups is 1. The Kier molecular flexibility index (Phi) is 4.58. The Morgan fingerprint density at radius 2 is 2.05 bits per heavy atom. The molecule has 4 heteroatoms. The van der Waals surface area contributed by atoms with Crippen molar-refractivity contribution in [3.8, 4) is 0 Å². The van der Waals surface area contributed by atoms with Crippen molar-refractivity contribution in [2.75, 3.05) is 11.9 Å². The van der Waals surface area contributed by atoms with Gasteiger partial charge in [-0.25, -0.2) is 0 Å². The van der Waals surface area contributed by atoms with E-state index >= 15 is 0 Å². The molecule has 0 bridgehead atoms. The Bertz CT molecular complexity index is 602. The summed E-state index contributed by atoms with van der Waals surface area (Å²) in [5.41, 5.74) is 2.52. The summed E-state index contributed by atoms with van der Waals surface area (Å²) in [6.45, 7) is 7.41. The molecule has 0 fully saturated rings. The number of nitrogens with one attached hydrogen (secondary N) is 2. The van der Waals surface area contributed by atoms with Crippen LogP contribution in [0.1, 0.15) is 34.4 Å². The van der Waals surface area contributed by atoms with E-state index in [1.54, 1.807) is 13.0 Å². The van der Waals surface area contributed by atoms with Gasteiger partial charge in [-0.1, -0.05) is 19.1 Å². The quantitative estimate of drug-likeness (QED) is 0.878. The lowest BCUT2D eigenvalue weighted by molar-refractivity contribution is 0.102. The Balaban J connectivity index is 2.09. The minimum Gasteiger partial charge on any atom is -0.466 e. The lowest BCUT2D eigenvalue weighted by Crippen LogP contribution is -2.14. The molecule has 4 nitrogen and oxygen atoms in total. The predicted octanol–water partition coefficient (Wildman–Crippen LogP) is 3.26. The van der Waals surface area contributed by atoms with Crippen molar-refractivity contribution in [1.29, 1.82) is 0 Å². The second-order valence-corrected chi connectivity index (χ2v) is 4.76. The Morgan fingerprint density at radius 1 is 1.25 bits per heavy atom. The number of anilines is 1. The Labute approximate surface area is 119 Å². The number of hydrogen-bond acceptors (Lipinski definition) is 3. The molecule has 0 atom stereocenters. The van der Waals surface area contributed by atoms with Crippen molar-refractivity contribution in [2.24, 2.45) is 0 Å². The van der Waals surface area contributed by atoms with E-state index in [9.17, 15) is 4.79 Å². The van der Waals surface area contributed by atoms with E-state index in [0.717, 1.165) is 30.1 Å². The van der Waals surface area contributed by atoms with Crippen LogP contribution in [0.15, 0.2) is 34.7 Å². The highest BCUT2D eigenvalue weighted by Crippen LogP contribution is 2.17. The fraction of sp³-hybridized carbons (Fsp3) is 0.312. The second kappa shape index (κ2) is 6.39. The molecule has 1 aromatic heterocycles. The smallest absolute Gasteiger partial charge is 0.259 e. The largest absolute Gasteiger partial charge is 0.466 e. The number of amides is 1. The molecule has 0 saturated carbocycles. The van der Waals surface area contributed by atoms with Gasteiger partial charge in [0.05, 0.1) is 5.56 Å². The lowest BCUT2D eigenvalue weighted by atomic mass is 10.2. The van der Waals surface area contributed by atoms with Gasteiger partial charge in [0.2, 0.25) is 0 Å². The average Bonchev–Trinajstić information content (AvgIpc) is 2.76. The minimum atomic E-state index is -0.139. The van der Waals surface area contributed by atoms with E-state index in [1.165, 1.54) is 0 Å². The van der Waals surface area contributed by atoms with Crippen LogP contribution in [0.2, 0.25) is 0 Å². The molecule has 1 heterocycles. The SMILES string of the molecule is CCNCc1cccc(NC(=O)c2cc(C)oc2C)c1. The molecule has 0 aliphatic carbocycles. The first-order valence-corrected chi connectivity index (χ1v) is 6.78. The third-order valence-corrected chi connectivity index (χ3v) is 3.05. The summed E-state index contributed by atoms with van der Waals surface area (Å²) >= 11 is 0. The van der Waals surface area contributed by atoms with Gasteiger partial charge < -0.3 is 15.1 Å². The van der Waals surface area contributed by atoms with Crippen molar-refractivity contribution in [3.05, 3.63) is 53.0 Å². The summed E-state index contributed by atoms with van der Waals surface area (Å²) in [4.78, 5) is 12.2. The third-order valence-electron chi connectivity index (χ3n) is 3.05. The van der Waals surface area contributed by atoms with E-state index in [4.69, 9.17) is 4.42 Å². The van der Waals surface area contributed by atoms with Crippen molar-refractivity contribution in [1.82, 2.24) is 5.32 Å². The van der Waals surface area contributed by atoms with Gasteiger partial charge >= 0.3 is 0 Å². The molecule has 2 aromatic rings. The van der Waals surface area contributed by atoms with Gasteiger partial charge in [-0.05, 0) is 44.2 Å². The van der Waals surface area contributed by atoms with Gasteiger partial charge in [0, 0.05) is 12.2 Å². The maximum absolute atomic E-state index is 12.2. The van der Waals surface area contributed by atoms with Gasteiger partial charge in [-0.15, -0.1) is 0 Å². The maximum atomic E-state index is 12.2. The molecular weight excluding hydrogens is 252 g/mol. The second-order valence-electron chi connectivity index (χ2n) is 4.76. The molecule has 0 aliphatic heterocycles. The first kappa shape index (κ1) is 14.3. The summed E-state index contributed by atoms with van der Waals surface area (Å²) < 4.78 is 5.38. The lowest BCUT2D eigenvalue weighted by Gasteiger charge is -2.07. The van der Waals surface area contributed by atoms with Crippen LogP contribution in [-0.4, -0.2) is 12.5 Å². The summed E-state index contributed by atoms with van der Waals surface area (Å²) in [6.07, 6.45) is 0. The summed E-state index contributed by atoms with van der Waals surface area (Å²) in [5, 5.41) is 6.16. The number of furan rings is 1. The molecule has 2 rings (SSSR count). The van der Waals surface area contributed by atoms with Gasteiger partial charge in [-0.3, -0.25) is 4.79 Å². The standard InChI is InChI=1S/C16H20N2O2/c1-4-17-10-13-6-5-7-14(9-13)18-16(19)15-8-11(2)20-12(15)3/h5-9,17H,4,10H2,1-3H3,(H,18,19). The summed E-state index contributed by atoms with van der Waals surface area (Å²) in [6, 6.07) is 9.59. The van der Waals surface area contributed by atoms with Crippen LogP contribution in [0.5, 0.6) is 0 Å². The van der Waals surface area contributed by atoms with Gasteiger partial charge in [0.15, 0.2) is 0 Å². The highest BCUT2D eigenvalue weighted by atomic mass is 16.3. The van der Waals surface area contributed by atoms with E-state index in [0.29, 0.717) is 11.3 Å². The zero-order chi connectivity index (χ0) is 14.5. The number of aryl methyl sites for hydroxylation is 2. The van der Waals surface area contributed by atoms with Crippen LogP contribution in [0.3, 0.4) is 0 Å². The van der Waals surface area contributed by atoms with E-state index < -0.39 is 0 Å². The van der Waals surface area contributed by atoms with Gasteiger partial charge in [0.1, 0.15) is 11.5 Å². The number of hydrogen-bond donors (Lipinski definition) is 2. The normalized spacial score (nSPS) is 10.6. The minimum absolute atomic E-state index is 0.139. The molecule has 0 aliphatic rings. The average molecular weight is 272 g/mol. The molecule has 0 unspecified atom stereocenters. The van der Waals surface area contributed by atoms with Crippen LogP contribution < -0.4 is 10.6 Å². The predicted molar refractivity (Wildman–Crippen MR) is 80.0 cm³/mol.